The van der Waals surface area contributed by atoms with Crippen LogP contribution in [-0.4, -0.2) is 34.6 Å². The number of nitrogens with one attached hydrogen (secondary N) is 1. The Morgan fingerprint density at radius 3 is 2.28 bits per heavy atom. The van der Waals surface area contributed by atoms with Gasteiger partial charge in [0.05, 0.1) is 15.8 Å². The number of carbonyl (C=O) groups excluding carboxylic acids is 2. The molecular weight excluding hydrogens is 511 g/mol. The number of aryl methyl sites for hydroxylation is 1. The van der Waals surface area contributed by atoms with E-state index in [1.54, 1.807) is 28.8 Å². The van der Waals surface area contributed by atoms with Crippen LogP contribution in [0.2, 0.25) is 10.0 Å². The van der Waals surface area contributed by atoms with Gasteiger partial charge in [-0.1, -0.05) is 89.4 Å². The van der Waals surface area contributed by atoms with Crippen molar-refractivity contribution in [2.75, 3.05) is 5.75 Å². The van der Waals surface area contributed by atoms with Gasteiger partial charge in [0.1, 0.15) is 6.04 Å². The summed E-state index contributed by atoms with van der Waals surface area (Å²) < 4.78 is 0. The summed E-state index contributed by atoms with van der Waals surface area (Å²) >= 11 is 13.9. The van der Waals surface area contributed by atoms with Gasteiger partial charge in [-0.05, 0) is 49.6 Å². The van der Waals surface area contributed by atoms with E-state index in [0.29, 0.717) is 16.5 Å². The van der Waals surface area contributed by atoms with Crippen molar-refractivity contribution in [3.63, 3.8) is 0 Å². The molecule has 0 aliphatic carbocycles. The molecule has 2 amide bonds. The molecule has 4 nitrogen and oxygen atoms in total. The molecule has 0 aliphatic heterocycles. The average molecular weight is 544 g/mol. The van der Waals surface area contributed by atoms with E-state index < -0.39 is 6.04 Å². The second-order valence-corrected chi connectivity index (χ2v) is 10.9. The second-order valence-electron chi connectivity index (χ2n) is 9.12. The molecule has 0 spiro atoms. The largest absolute Gasteiger partial charge is 0.352 e. The van der Waals surface area contributed by atoms with Gasteiger partial charge in [-0.3, -0.25) is 9.59 Å². The maximum absolute atomic E-state index is 13.6. The monoisotopic (exact) mass is 542 g/mol. The molecule has 1 atom stereocenters. The predicted molar refractivity (Wildman–Crippen MR) is 152 cm³/mol. The van der Waals surface area contributed by atoms with E-state index in [0.717, 1.165) is 16.9 Å². The van der Waals surface area contributed by atoms with Crippen LogP contribution in [0, 0.1) is 6.92 Å². The molecule has 0 aliphatic rings. The molecule has 3 aromatic rings. The molecular formula is C29H32Cl2N2O2S. The highest BCUT2D eigenvalue weighted by molar-refractivity contribution is 7.99. The summed E-state index contributed by atoms with van der Waals surface area (Å²) in [6.07, 6.45) is 0.412. The molecule has 190 valence electrons. The molecule has 0 heterocycles. The Kier molecular flexibility index (Phi) is 10.7. The molecule has 0 radical (unpaired) electrons. The van der Waals surface area contributed by atoms with E-state index in [4.69, 9.17) is 23.2 Å². The maximum atomic E-state index is 13.6. The predicted octanol–water partition coefficient (Wildman–Crippen LogP) is 6.70. The van der Waals surface area contributed by atoms with Crippen LogP contribution in [0.5, 0.6) is 0 Å². The molecule has 3 aromatic carbocycles. The lowest BCUT2D eigenvalue weighted by molar-refractivity contribution is -0.139. The van der Waals surface area contributed by atoms with Crippen LogP contribution in [0.15, 0.2) is 72.8 Å². The first-order chi connectivity index (χ1) is 17.2. The van der Waals surface area contributed by atoms with E-state index in [1.807, 2.05) is 56.3 Å². The van der Waals surface area contributed by atoms with Crippen LogP contribution in [0.25, 0.3) is 0 Å². The van der Waals surface area contributed by atoms with E-state index in [2.05, 4.69) is 30.4 Å². The molecule has 0 saturated carbocycles. The fourth-order valence-corrected chi connectivity index (χ4v) is 5.09. The van der Waals surface area contributed by atoms with Crippen molar-refractivity contribution >= 4 is 46.8 Å². The Hall–Kier alpha value is -2.47. The molecule has 0 saturated heterocycles. The van der Waals surface area contributed by atoms with Crippen LogP contribution < -0.4 is 5.32 Å². The van der Waals surface area contributed by atoms with Gasteiger partial charge in [0.15, 0.2) is 0 Å². The van der Waals surface area contributed by atoms with Gasteiger partial charge in [-0.15, -0.1) is 11.8 Å². The molecule has 0 bridgehead atoms. The zero-order valence-electron chi connectivity index (χ0n) is 20.8. The Morgan fingerprint density at radius 2 is 1.61 bits per heavy atom. The number of hydrogen-bond donors (Lipinski definition) is 1. The van der Waals surface area contributed by atoms with Gasteiger partial charge in [0, 0.05) is 24.8 Å². The van der Waals surface area contributed by atoms with Gasteiger partial charge < -0.3 is 10.2 Å². The Labute approximate surface area is 228 Å². The fourth-order valence-electron chi connectivity index (χ4n) is 3.91. The Morgan fingerprint density at radius 1 is 0.889 bits per heavy atom. The number of benzene rings is 3. The van der Waals surface area contributed by atoms with Crippen molar-refractivity contribution in [2.24, 2.45) is 0 Å². The van der Waals surface area contributed by atoms with Crippen molar-refractivity contribution in [3.8, 4) is 0 Å². The smallest absolute Gasteiger partial charge is 0.243 e. The number of rotatable bonds is 11. The van der Waals surface area contributed by atoms with E-state index in [1.165, 1.54) is 11.1 Å². The lowest BCUT2D eigenvalue weighted by atomic mass is 10.0. The summed E-state index contributed by atoms with van der Waals surface area (Å²) in [5, 5.41) is 3.87. The average Bonchev–Trinajstić information content (AvgIpc) is 2.83. The first kappa shape index (κ1) is 28.1. The highest BCUT2D eigenvalue weighted by Crippen LogP contribution is 2.25. The highest BCUT2D eigenvalue weighted by Gasteiger charge is 2.30. The van der Waals surface area contributed by atoms with Crippen LogP contribution in [-0.2, 0) is 28.3 Å². The van der Waals surface area contributed by atoms with Gasteiger partial charge in [0.2, 0.25) is 11.8 Å². The highest BCUT2D eigenvalue weighted by atomic mass is 35.5. The third kappa shape index (κ3) is 8.58. The summed E-state index contributed by atoms with van der Waals surface area (Å²) in [5.41, 5.74) is 4.16. The Balaban J connectivity index is 1.87. The van der Waals surface area contributed by atoms with Crippen LogP contribution in [0.4, 0.5) is 0 Å². The summed E-state index contributed by atoms with van der Waals surface area (Å²) in [6, 6.07) is 22.6. The molecule has 1 unspecified atom stereocenters. The van der Waals surface area contributed by atoms with Crippen LogP contribution in [0.1, 0.15) is 36.1 Å². The number of hydrogen-bond acceptors (Lipinski definition) is 3. The lowest BCUT2D eigenvalue weighted by Crippen LogP contribution is -2.52. The number of nitrogens with zero attached hydrogens (tertiary/aromatic N) is 1. The van der Waals surface area contributed by atoms with Crippen molar-refractivity contribution < 1.29 is 9.59 Å². The van der Waals surface area contributed by atoms with Crippen LogP contribution >= 0.6 is 35.0 Å². The maximum Gasteiger partial charge on any atom is 0.243 e. The third-order valence-corrected chi connectivity index (χ3v) is 7.34. The summed E-state index contributed by atoms with van der Waals surface area (Å²) in [6.45, 7) is 6.14. The molecule has 7 heteroatoms. The fraction of sp³-hybridized carbons (Fsp3) is 0.310. The number of thioether (sulfide) groups is 1. The van der Waals surface area contributed by atoms with E-state index in [9.17, 15) is 9.59 Å². The first-order valence-corrected chi connectivity index (χ1v) is 13.8. The van der Waals surface area contributed by atoms with Crippen molar-refractivity contribution in [1.29, 1.82) is 0 Å². The second kappa shape index (κ2) is 13.7. The molecule has 0 aromatic heterocycles. The van der Waals surface area contributed by atoms with E-state index >= 15 is 0 Å². The van der Waals surface area contributed by atoms with Crippen molar-refractivity contribution in [3.05, 3.63) is 105 Å². The van der Waals surface area contributed by atoms with Crippen molar-refractivity contribution in [1.82, 2.24) is 10.2 Å². The number of carbonyl (C=O) groups is 2. The van der Waals surface area contributed by atoms with Gasteiger partial charge in [-0.2, -0.15) is 0 Å². The van der Waals surface area contributed by atoms with E-state index in [-0.39, 0.29) is 30.2 Å². The minimum Gasteiger partial charge on any atom is -0.352 e. The molecule has 36 heavy (non-hydrogen) atoms. The van der Waals surface area contributed by atoms with Gasteiger partial charge in [0.25, 0.3) is 0 Å². The van der Waals surface area contributed by atoms with Crippen molar-refractivity contribution in [2.45, 2.75) is 51.6 Å². The Bertz CT molecular complexity index is 1170. The quantitative estimate of drug-likeness (QED) is 0.293. The number of halogens is 2. The lowest BCUT2D eigenvalue weighted by Gasteiger charge is -2.32. The molecule has 3 rings (SSSR count). The molecule has 0 fully saturated rings. The topological polar surface area (TPSA) is 49.4 Å². The zero-order valence-corrected chi connectivity index (χ0v) is 23.2. The SMILES string of the molecule is Cc1cccc(CSCC(=O)N(Cc2ccc(Cl)c(Cl)c2)C(Cc2ccccc2)C(=O)NC(C)C)c1. The molecule has 1 N–H and O–H groups in total. The standard InChI is InChI=1S/C29H32Cl2N2O2S/c1-20(2)32-29(35)27(16-22-9-5-4-6-10-22)33(17-23-12-13-25(30)26(31)15-23)28(34)19-36-18-24-11-7-8-21(3)14-24/h4-15,20,27H,16-19H2,1-3H3,(H,32,35). The zero-order chi connectivity index (χ0) is 26.1. The van der Waals surface area contributed by atoms with Gasteiger partial charge in [-0.25, -0.2) is 0 Å². The summed E-state index contributed by atoms with van der Waals surface area (Å²) in [7, 11) is 0. The minimum absolute atomic E-state index is 0.0478. The normalized spacial score (nSPS) is 11.8. The minimum atomic E-state index is -0.670. The number of amides is 2. The first-order valence-electron chi connectivity index (χ1n) is 11.9. The van der Waals surface area contributed by atoms with Gasteiger partial charge >= 0.3 is 0 Å². The summed E-state index contributed by atoms with van der Waals surface area (Å²) in [5.74, 6) is 0.704. The summed E-state index contributed by atoms with van der Waals surface area (Å²) in [4.78, 5) is 28.7. The third-order valence-electron chi connectivity index (χ3n) is 5.62. The van der Waals surface area contributed by atoms with Crippen LogP contribution in [0.3, 0.4) is 0 Å².